The van der Waals surface area contributed by atoms with Crippen LogP contribution in [0.3, 0.4) is 0 Å². The largest absolute Gasteiger partial charge is 0.481 e. The number of carboxylic acid groups (broad SMARTS) is 1. The number of pyridine rings is 1. The van der Waals surface area contributed by atoms with E-state index >= 15 is 0 Å². The zero-order chi connectivity index (χ0) is 13.2. The number of carboxylic acids is 1. The number of nitrogens with zero attached hydrogens (tertiary/aromatic N) is 2. The Labute approximate surface area is 102 Å². The number of alkyl halides is 2. The van der Waals surface area contributed by atoms with Crippen LogP contribution in [-0.2, 0) is 11.2 Å². The topological polar surface area (TPSA) is 93.3 Å². The Kier molecular flexibility index (Phi) is 4.05. The molecule has 0 aliphatic rings. The summed E-state index contributed by atoms with van der Waals surface area (Å²) in [5.74, 6) is -2.29. The lowest BCUT2D eigenvalue weighted by molar-refractivity contribution is -0.391. The smallest absolute Gasteiger partial charge is 0.372 e. The number of hydrogen-bond acceptors (Lipinski definition) is 4. The summed E-state index contributed by atoms with van der Waals surface area (Å²) in [5.41, 5.74) is -1.02. The van der Waals surface area contributed by atoms with Crippen molar-refractivity contribution in [3.8, 4) is 0 Å². The predicted molar refractivity (Wildman–Crippen MR) is 54.9 cm³/mol. The summed E-state index contributed by atoms with van der Waals surface area (Å²) in [5, 5.41) is 19.0. The molecule has 1 aromatic rings. The monoisotopic (exact) mass is 310 g/mol. The van der Waals surface area contributed by atoms with Crippen molar-refractivity contribution in [2.24, 2.45) is 0 Å². The van der Waals surface area contributed by atoms with Crippen molar-refractivity contribution >= 4 is 27.7 Å². The highest BCUT2D eigenvalue weighted by Crippen LogP contribution is 2.31. The van der Waals surface area contributed by atoms with E-state index in [1.807, 2.05) is 0 Å². The molecule has 0 saturated heterocycles. The number of hydrogen-bond donors (Lipinski definition) is 1. The van der Waals surface area contributed by atoms with Crippen LogP contribution in [0.4, 0.5) is 14.6 Å². The molecular formula is C8H5BrF2N2O4. The van der Waals surface area contributed by atoms with E-state index in [0.29, 0.717) is 0 Å². The van der Waals surface area contributed by atoms with Crippen LogP contribution >= 0.6 is 15.9 Å². The Morgan fingerprint density at radius 3 is 2.65 bits per heavy atom. The summed E-state index contributed by atoms with van der Waals surface area (Å²) in [6.45, 7) is 0. The molecule has 0 bridgehead atoms. The maximum Gasteiger partial charge on any atom is 0.372 e. The molecule has 0 radical (unpaired) electrons. The number of halogens is 3. The van der Waals surface area contributed by atoms with Gasteiger partial charge in [0.1, 0.15) is 12.0 Å². The lowest BCUT2D eigenvalue weighted by Gasteiger charge is -2.03. The molecule has 1 aromatic heterocycles. The highest BCUT2D eigenvalue weighted by molar-refractivity contribution is 9.10. The van der Waals surface area contributed by atoms with Crippen molar-refractivity contribution in [3.63, 3.8) is 0 Å². The van der Waals surface area contributed by atoms with Crippen molar-refractivity contribution in [2.45, 2.75) is 12.8 Å². The van der Waals surface area contributed by atoms with Crippen LogP contribution in [-0.4, -0.2) is 21.0 Å². The van der Waals surface area contributed by atoms with Gasteiger partial charge < -0.3 is 15.2 Å². The Morgan fingerprint density at radius 2 is 2.24 bits per heavy atom. The summed E-state index contributed by atoms with van der Waals surface area (Å²) in [6, 6.07) is 0.814. The second-order valence-corrected chi connectivity index (χ2v) is 3.81. The molecule has 0 unspecified atom stereocenters. The van der Waals surface area contributed by atoms with E-state index in [0.717, 1.165) is 6.07 Å². The van der Waals surface area contributed by atoms with Crippen LogP contribution in [0.15, 0.2) is 10.5 Å². The lowest BCUT2D eigenvalue weighted by atomic mass is 10.2. The van der Waals surface area contributed by atoms with Crippen LogP contribution in [0, 0.1) is 10.1 Å². The second-order valence-electron chi connectivity index (χ2n) is 2.96. The molecule has 17 heavy (non-hydrogen) atoms. The normalized spacial score (nSPS) is 10.6. The van der Waals surface area contributed by atoms with Gasteiger partial charge in [0, 0.05) is 0 Å². The lowest BCUT2D eigenvalue weighted by Crippen LogP contribution is -2.07. The quantitative estimate of drug-likeness (QED) is 0.680. The Hall–Kier alpha value is -1.64. The number of aliphatic carboxylic acids is 1. The zero-order valence-corrected chi connectivity index (χ0v) is 9.65. The first kappa shape index (κ1) is 13.4. The molecule has 0 aliphatic heterocycles. The van der Waals surface area contributed by atoms with E-state index < -0.39 is 35.1 Å². The average Bonchev–Trinajstić information content (AvgIpc) is 2.19. The molecular weight excluding hydrogens is 306 g/mol. The van der Waals surface area contributed by atoms with Crippen LogP contribution in [0.5, 0.6) is 0 Å². The Bertz CT molecular complexity index is 481. The van der Waals surface area contributed by atoms with Gasteiger partial charge in [0.05, 0.1) is 4.47 Å². The van der Waals surface area contributed by atoms with Gasteiger partial charge in [-0.25, -0.2) is 8.78 Å². The van der Waals surface area contributed by atoms with E-state index in [9.17, 15) is 23.7 Å². The van der Waals surface area contributed by atoms with Gasteiger partial charge >= 0.3 is 11.8 Å². The van der Waals surface area contributed by atoms with Gasteiger partial charge in [-0.05, 0) is 31.9 Å². The molecule has 1 N–H and O–H groups in total. The molecule has 0 saturated carbocycles. The molecule has 92 valence electrons. The van der Waals surface area contributed by atoms with E-state index in [2.05, 4.69) is 20.9 Å². The van der Waals surface area contributed by atoms with Gasteiger partial charge in [-0.2, -0.15) is 0 Å². The van der Waals surface area contributed by atoms with Crippen LogP contribution < -0.4 is 0 Å². The van der Waals surface area contributed by atoms with E-state index in [4.69, 9.17) is 5.11 Å². The Morgan fingerprint density at radius 1 is 1.65 bits per heavy atom. The van der Waals surface area contributed by atoms with Gasteiger partial charge in [0.25, 0.3) is 6.43 Å². The summed E-state index contributed by atoms with van der Waals surface area (Å²) in [6.07, 6.45) is -3.65. The van der Waals surface area contributed by atoms with Crippen molar-refractivity contribution in [2.75, 3.05) is 0 Å². The third-order valence-electron chi connectivity index (χ3n) is 1.78. The maximum atomic E-state index is 12.5. The Balaban J connectivity index is 3.34. The number of aromatic nitrogens is 1. The highest BCUT2D eigenvalue weighted by Gasteiger charge is 2.27. The van der Waals surface area contributed by atoms with Gasteiger partial charge in [-0.3, -0.25) is 4.79 Å². The fraction of sp³-hybridized carbons (Fsp3) is 0.250. The SMILES string of the molecule is O=C(O)Cc1nc([N+](=O)[O-])c(C(F)F)cc1Br. The van der Waals surface area contributed by atoms with Gasteiger partial charge in [-0.15, -0.1) is 0 Å². The average molecular weight is 311 g/mol. The summed E-state index contributed by atoms with van der Waals surface area (Å²) in [7, 11) is 0. The fourth-order valence-corrected chi connectivity index (χ4v) is 1.58. The molecule has 0 amide bonds. The molecule has 0 atom stereocenters. The van der Waals surface area contributed by atoms with E-state index in [-0.39, 0.29) is 10.2 Å². The molecule has 9 heteroatoms. The molecule has 0 fully saturated rings. The van der Waals surface area contributed by atoms with Crippen molar-refractivity contribution < 1.29 is 23.6 Å². The van der Waals surface area contributed by atoms with Crippen molar-refractivity contribution in [1.29, 1.82) is 0 Å². The third-order valence-corrected chi connectivity index (χ3v) is 2.47. The fourth-order valence-electron chi connectivity index (χ4n) is 1.10. The van der Waals surface area contributed by atoms with Crippen LogP contribution in [0.2, 0.25) is 0 Å². The molecule has 1 rings (SSSR count). The molecule has 0 aromatic carbocycles. The standard InChI is InChI=1S/C8H5BrF2N2O4/c9-4-1-3(7(10)11)8(13(16)17)12-5(4)2-6(14)15/h1,7H,2H2,(H,14,15). The predicted octanol–water partition coefficient (Wildman–Crippen LogP) is 2.32. The van der Waals surface area contributed by atoms with Crippen LogP contribution in [0.1, 0.15) is 17.7 Å². The molecule has 0 aliphatic carbocycles. The summed E-state index contributed by atoms with van der Waals surface area (Å²) in [4.78, 5) is 23.2. The second kappa shape index (κ2) is 5.13. The molecule has 6 nitrogen and oxygen atoms in total. The number of rotatable bonds is 4. The first-order valence-electron chi connectivity index (χ1n) is 4.16. The van der Waals surface area contributed by atoms with E-state index in [1.165, 1.54) is 0 Å². The van der Waals surface area contributed by atoms with E-state index in [1.54, 1.807) is 0 Å². The minimum Gasteiger partial charge on any atom is -0.481 e. The molecule has 0 spiro atoms. The molecule has 1 heterocycles. The maximum absolute atomic E-state index is 12.5. The van der Waals surface area contributed by atoms with Gasteiger partial charge in [-0.1, -0.05) is 0 Å². The first-order valence-corrected chi connectivity index (χ1v) is 4.96. The first-order chi connectivity index (χ1) is 7.82. The number of carbonyl (C=O) groups is 1. The minimum absolute atomic E-state index is 0.000741. The summed E-state index contributed by atoms with van der Waals surface area (Å²) < 4.78 is 25.0. The van der Waals surface area contributed by atoms with Crippen molar-refractivity contribution in [1.82, 2.24) is 4.98 Å². The highest BCUT2D eigenvalue weighted by atomic mass is 79.9. The summed E-state index contributed by atoms with van der Waals surface area (Å²) >= 11 is 2.85. The minimum atomic E-state index is -3.06. The van der Waals surface area contributed by atoms with Gasteiger partial charge in [0.15, 0.2) is 5.69 Å². The van der Waals surface area contributed by atoms with Crippen molar-refractivity contribution in [3.05, 3.63) is 31.9 Å². The van der Waals surface area contributed by atoms with Gasteiger partial charge in [0.2, 0.25) is 0 Å². The third kappa shape index (κ3) is 3.16. The zero-order valence-electron chi connectivity index (χ0n) is 8.06. The number of nitro groups is 1. The van der Waals surface area contributed by atoms with Crippen LogP contribution in [0.25, 0.3) is 0 Å².